The molecular weight excluding hydrogens is 180 g/mol. The number of benzene rings is 1. The molecule has 0 saturated heterocycles. The van der Waals surface area contributed by atoms with Gasteiger partial charge < -0.3 is 10.2 Å². The van der Waals surface area contributed by atoms with Gasteiger partial charge in [0.15, 0.2) is 0 Å². The van der Waals surface area contributed by atoms with E-state index in [9.17, 15) is 4.79 Å². The summed E-state index contributed by atoms with van der Waals surface area (Å²) in [5.74, 6) is 0. The van der Waals surface area contributed by atoms with Gasteiger partial charge in [0.2, 0.25) is 0 Å². The maximum absolute atomic E-state index is 10.0. The van der Waals surface area contributed by atoms with E-state index in [0.717, 1.165) is 11.8 Å². The van der Waals surface area contributed by atoms with Crippen LogP contribution in [0.3, 0.4) is 0 Å². The van der Waals surface area contributed by atoms with Gasteiger partial charge in [-0.3, -0.25) is 4.79 Å². The summed E-state index contributed by atoms with van der Waals surface area (Å²) in [5.41, 5.74) is 0.729. The Kier molecular flexibility index (Phi) is 6.62. The molecule has 3 heteroatoms. The number of aliphatic hydroxyl groups excluding tert-OH is 2. The van der Waals surface area contributed by atoms with E-state index in [1.54, 1.807) is 26.0 Å². The van der Waals surface area contributed by atoms with E-state index in [1.807, 2.05) is 18.2 Å². The molecule has 0 bridgehead atoms. The third kappa shape index (κ3) is 6.34. The van der Waals surface area contributed by atoms with Crippen molar-refractivity contribution >= 4 is 6.29 Å². The summed E-state index contributed by atoms with van der Waals surface area (Å²) in [6.45, 7) is 3.09. The second-order valence-corrected chi connectivity index (χ2v) is 3.01. The van der Waals surface area contributed by atoms with Gasteiger partial charge in [-0.2, -0.15) is 0 Å². The first-order chi connectivity index (χ1) is 6.57. The number of rotatable bonds is 2. The molecule has 0 aliphatic heterocycles. The number of carbonyl (C=O) groups excluding carboxylic acids is 1. The number of hydrogen-bond donors (Lipinski definition) is 2. The molecule has 0 spiro atoms. The largest absolute Gasteiger partial charge is 0.391 e. The summed E-state index contributed by atoms with van der Waals surface area (Å²) in [7, 11) is 0. The lowest BCUT2D eigenvalue weighted by atomic mass is 10.2. The van der Waals surface area contributed by atoms with Crippen molar-refractivity contribution in [2.24, 2.45) is 0 Å². The molecule has 78 valence electrons. The fourth-order valence-electron chi connectivity index (χ4n) is 0.532. The van der Waals surface area contributed by atoms with Crippen molar-refractivity contribution < 1.29 is 15.0 Å². The molecule has 1 aromatic carbocycles. The average molecular weight is 196 g/mol. The van der Waals surface area contributed by atoms with Crippen LogP contribution in [-0.2, 0) is 0 Å². The maximum atomic E-state index is 10.0. The minimum atomic E-state index is -0.593. The molecule has 2 unspecified atom stereocenters. The van der Waals surface area contributed by atoms with E-state index < -0.39 is 12.2 Å². The Morgan fingerprint density at radius 2 is 1.50 bits per heavy atom. The second-order valence-electron chi connectivity index (χ2n) is 3.01. The van der Waals surface area contributed by atoms with Crippen LogP contribution in [0.1, 0.15) is 24.2 Å². The number of hydrogen-bond acceptors (Lipinski definition) is 3. The van der Waals surface area contributed by atoms with Crippen LogP contribution in [0.25, 0.3) is 0 Å². The minimum absolute atomic E-state index is 0.593. The number of aldehydes is 1. The third-order valence-electron chi connectivity index (χ3n) is 1.63. The smallest absolute Gasteiger partial charge is 0.150 e. The predicted molar refractivity (Wildman–Crippen MR) is 55.2 cm³/mol. The predicted octanol–water partition coefficient (Wildman–Crippen LogP) is 1.25. The van der Waals surface area contributed by atoms with E-state index in [2.05, 4.69) is 0 Å². The topological polar surface area (TPSA) is 57.5 Å². The van der Waals surface area contributed by atoms with Gasteiger partial charge >= 0.3 is 0 Å². The van der Waals surface area contributed by atoms with Crippen molar-refractivity contribution in [1.29, 1.82) is 0 Å². The van der Waals surface area contributed by atoms with Gasteiger partial charge in [0, 0.05) is 5.56 Å². The molecule has 0 aliphatic carbocycles. The molecule has 0 saturated carbocycles. The lowest BCUT2D eigenvalue weighted by Gasteiger charge is -2.03. The molecule has 1 rings (SSSR count). The molecule has 0 heterocycles. The first-order valence-electron chi connectivity index (χ1n) is 4.44. The Hall–Kier alpha value is -1.19. The molecule has 2 atom stereocenters. The highest BCUT2D eigenvalue weighted by Crippen LogP contribution is 1.91. The van der Waals surface area contributed by atoms with Crippen LogP contribution < -0.4 is 0 Å². The van der Waals surface area contributed by atoms with Crippen molar-refractivity contribution in [2.75, 3.05) is 0 Å². The second kappa shape index (κ2) is 7.24. The van der Waals surface area contributed by atoms with E-state index in [0.29, 0.717) is 0 Å². The summed E-state index contributed by atoms with van der Waals surface area (Å²) in [6.07, 6.45) is -0.352. The molecule has 0 aliphatic rings. The molecule has 0 amide bonds. The van der Waals surface area contributed by atoms with Gasteiger partial charge in [-0.25, -0.2) is 0 Å². The normalized spacial score (nSPS) is 13.4. The zero-order valence-electron chi connectivity index (χ0n) is 8.42. The lowest BCUT2D eigenvalue weighted by Crippen LogP contribution is -2.17. The SMILES string of the molecule is CC(O)C(C)O.O=Cc1ccccc1. The van der Waals surface area contributed by atoms with Crippen molar-refractivity contribution in [1.82, 2.24) is 0 Å². The number of carbonyl (C=O) groups is 1. The molecule has 1 aromatic rings. The highest BCUT2D eigenvalue weighted by Gasteiger charge is 1.99. The van der Waals surface area contributed by atoms with Crippen molar-refractivity contribution in [2.45, 2.75) is 26.1 Å². The van der Waals surface area contributed by atoms with E-state index in [1.165, 1.54) is 0 Å². The van der Waals surface area contributed by atoms with Gasteiger partial charge in [-0.15, -0.1) is 0 Å². The maximum Gasteiger partial charge on any atom is 0.150 e. The van der Waals surface area contributed by atoms with Crippen LogP contribution in [0.2, 0.25) is 0 Å². The lowest BCUT2D eigenvalue weighted by molar-refractivity contribution is 0.0438. The Morgan fingerprint density at radius 1 is 1.07 bits per heavy atom. The van der Waals surface area contributed by atoms with Crippen LogP contribution in [0.15, 0.2) is 30.3 Å². The summed E-state index contributed by atoms with van der Waals surface area (Å²) in [6, 6.07) is 9.10. The van der Waals surface area contributed by atoms with Gasteiger partial charge in [-0.1, -0.05) is 30.3 Å². The first-order valence-corrected chi connectivity index (χ1v) is 4.44. The van der Waals surface area contributed by atoms with E-state index in [-0.39, 0.29) is 0 Å². The molecule has 0 aromatic heterocycles. The zero-order valence-corrected chi connectivity index (χ0v) is 8.42. The van der Waals surface area contributed by atoms with Crippen LogP contribution in [-0.4, -0.2) is 28.7 Å². The Bertz CT molecular complexity index is 236. The Labute approximate surface area is 84.0 Å². The highest BCUT2D eigenvalue weighted by molar-refractivity contribution is 5.74. The van der Waals surface area contributed by atoms with Crippen molar-refractivity contribution in [3.8, 4) is 0 Å². The molecule has 0 fully saturated rings. The zero-order chi connectivity index (χ0) is 11.0. The number of aliphatic hydroxyl groups is 2. The summed E-state index contributed by atoms with van der Waals surface area (Å²) in [5, 5.41) is 16.8. The van der Waals surface area contributed by atoms with Crippen LogP contribution in [0, 0.1) is 0 Å². The summed E-state index contributed by atoms with van der Waals surface area (Å²) < 4.78 is 0. The highest BCUT2D eigenvalue weighted by atomic mass is 16.3. The third-order valence-corrected chi connectivity index (χ3v) is 1.63. The monoisotopic (exact) mass is 196 g/mol. The van der Waals surface area contributed by atoms with Gasteiger partial charge in [0.25, 0.3) is 0 Å². The fraction of sp³-hybridized carbons (Fsp3) is 0.364. The molecule has 14 heavy (non-hydrogen) atoms. The standard InChI is InChI=1S/C7H6O.C4H10O2/c8-6-7-4-2-1-3-5-7;1-3(5)4(2)6/h1-6H;3-6H,1-2H3. The molecule has 2 N–H and O–H groups in total. The van der Waals surface area contributed by atoms with Crippen LogP contribution in [0.5, 0.6) is 0 Å². The van der Waals surface area contributed by atoms with Crippen LogP contribution >= 0.6 is 0 Å². The van der Waals surface area contributed by atoms with Crippen molar-refractivity contribution in [3.63, 3.8) is 0 Å². The summed E-state index contributed by atoms with van der Waals surface area (Å²) >= 11 is 0. The molecule has 3 nitrogen and oxygen atoms in total. The van der Waals surface area contributed by atoms with Crippen molar-refractivity contribution in [3.05, 3.63) is 35.9 Å². The quantitative estimate of drug-likeness (QED) is 0.700. The Balaban J connectivity index is 0.000000255. The van der Waals surface area contributed by atoms with Crippen LogP contribution in [0.4, 0.5) is 0 Å². The van der Waals surface area contributed by atoms with E-state index >= 15 is 0 Å². The minimum Gasteiger partial charge on any atom is -0.391 e. The average Bonchev–Trinajstić information content (AvgIpc) is 2.20. The first kappa shape index (κ1) is 12.8. The van der Waals surface area contributed by atoms with E-state index in [4.69, 9.17) is 10.2 Å². The molecular formula is C11H16O3. The summed E-state index contributed by atoms with van der Waals surface area (Å²) in [4.78, 5) is 10.0. The van der Waals surface area contributed by atoms with Gasteiger partial charge in [0.05, 0.1) is 12.2 Å². The fourth-order valence-corrected chi connectivity index (χ4v) is 0.532. The van der Waals surface area contributed by atoms with Gasteiger partial charge in [0.1, 0.15) is 6.29 Å². The Morgan fingerprint density at radius 3 is 1.71 bits per heavy atom. The molecule has 0 radical (unpaired) electrons. The van der Waals surface area contributed by atoms with Gasteiger partial charge in [-0.05, 0) is 13.8 Å².